The van der Waals surface area contributed by atoms with E-state index in [1.54, 1.807) is 0 Å². The number of nitrogens with zero attached hydrogens (tertiary/aromatic N) is 1. The molecule has 11 heteroatoms. The third-order valence-corrected chi connectivity index (χ3v) is 5.92. The van der Waals surface area contributed by atoms with Gasteiger partial charge in [0.1, 0.15) is 0 Å². The van der Waals surface area contributed by atoms with Gasteiger partial charge in [0.2, 0.25) is 8.34 Å². The summed E-state index contributed by atoms with van der Waals surface area (Å²) in [5.74, 6) is 0. The second-order valence-electron chi connectivity index (χ2n) is 1.63. The molecule has 0 N–H and O–H groups in total. The van der Waals surface area contributed by atoms with Crippen molar-refractivity contribution in [2.75, 3.05) is 0 Å². The summed E-state index contributed by atoms with van der Waals surface area (Å²) in [6, 6.07) is 0. The number of alkyl halides is 4. The summed E-state index contributed by atoms with van der Waals surface area (Å²) in [6.45, 7) is 0. The molecule has 0 amide bonds. The van der Waals surface area contributed by atoms with Crippen LogP contribution in [0, 0.1) is 0 Å². The van der Waals surface area contributed by atoms with Crippen LogP contribution in [0.4, 0.5) is 0 Å². The molecule has 0 bridgehead atoms. The number of hydrogen-bond acceptors (Lipinski definition) is 4. The van der Waals surface area contributed by atoms with E-state index in [1.807, 2.05) is 0 Å². The van der Waals surface area contributed by atoms with Crippen molar-refractivity contribution >= 4 is 66.5 Å². The van der Waals surface area contributed by atoms with Gasteiger partial charge in [0.15, 0.2) is 0 Å². The molecule has 0 aliphatic heterocycles. The van der Waals surface area contributed by atoms with Crippen LogP contribution < -0.4 is 4.13 Å². The van der Waals surface area contributed by atoms with E-state index in [0.717, 1.165) is 0 Å². The molecule has 0 atom stereocenters. The number of hydrogen-bond donors (Lipinski definition) is 0. The highest BCUT2D eigenvalue weighted by molar-refractivity contribution is 8.07. The molecule has 0 aromatic heterocycles. The van der Waals surface area contributed by atoms with Gasteiger partial charge in [0.05, 0.1) is 0 Å². The third-order valence-electron chi connectivity index (χ3n) is 0.658. The molecule has 0 saturated carbocycles. The average Bonchev–Trinajstić information content (AvgIpc) is 1.83. The SMILES string of the molecule is O=S(=O)([N]S(=O)(=O)C(Cl)Cl)C(Cl)Cl. The van der Waals surface area contributed by atoms with Crippen LogP contribution in [0.3, 0.4) is 0 Å². The molecule has 0 aromatic carbocycles. The molecule has 0 rings (SSSR count). The van der Waals surface area contributed by atoms with Crippen LogP contribution in [0.5, 0.6) is 0 Å². The molecule has 0 aromatic rings. The van der Waals surface area contributed by atoms with E-state index in [4.69, 9.17) is 46.4 Å². The molecule has 79 valence electrons. The van der Waals surface area contributed by atoms with Crippen molar-refractivity contribution in [2.45, 2.75) is 8.34 Å². The Bertz CT molecular complexity index is 322. The van der Waals surface area contributed by atoms with Gasteiger partial charge in [-0.3, -0.25) is 0 Å². The van der Waals surface area contributed by atoms with Crippen molar-refractivity contribution < 1.29 is 16.8 Å². The highest BCUT2D eigenvalue weighted by atomic mass is 35.5. The molecule has 0 saturated heterocycles. The van der Waals surface area contributed by atoms with E-state index in [-0.39, 0.29) is 0 Å². The van der Waals surface area contributed by atoms with Crippen molar-refractivity contribution in [3.63, 3.8) is 0 Å². The fraction of sp³-hybridized carbons (Fsp3) is 1.00. The first-order valence-electron chi connectivity index (χ1n) is 2.38. The minimum absolute atomic E-state index is 1.98. The molecule has 0 heterocycles. The zero-order valence-corrected chi connectivity index (χ0v) is 10.2. The van der Waals surface area contributed by atoms with Crippen LogP contribution >= 0.6 is 46.4 Å². The average molecular weight is 310 g/mol. The normalized spacial score (nSPS) is 14.0. The van der Waals surface area contributed by atoms with E-state index in [9.17, 15) is 16.8 Å². The van der Waals surface area contributed by atoms with E-state index < -0.39 is 28.4 Å². The van der Waals surface area contributed by atoms with Crippen LogP contribution in [0.1, 0.15) is 0 Å². The number of sulfonamides is 2. The smallest absolute Gasteiger partial charge is 0.207 e. The number of rotatable bonds is 4. The maximum atomic E-state index is 10.7. The first-order valence-corrected chi connectivity index (χ1v) is 7.13. The molecule has 13 heavy (non-hydrogen) atoms. The van der Waals surface area contributed by atoms with Gasteiger partial charge >= 0.3 is 0 Å². The predicted molar refractivity (Wildman–Crippen MR) is 51.0 cm³/mol. The fourth-order valence-electron chi connectivity index (χ4n) is 0.210. The van der Waals surface area contributed by atoms with Gasteiger partial charge in [0, 0.05) is 4.13 Å². The molecule has 0 aliphatic rings. The molecule has 5 nitrogen and oxygen atoms in total. The van der Waals surface area contributed by atoms with E-state index >= 15 is 0 Å². The Labute approximate surface area is 95.4 Å². The standard InChI is InChI=1S/C2H2Cl4NO4S2/c3-1(4)12(8,9)7-13(10,11)2(5)6/h1-2H. The molecule has 0 aliphatic carbocycles. The first kappa shape index (κ1) is 14.0. The third kappa shape index (κ3) is 4.37. The van der Waals surface area contributed by atoms with Crippen molar-refractivity contribution in [3.05, 3.63) is 0 Å². The van der Waals surface area contributed by atoms with Gasteiger partial charge < -0.3 is 0 Å². The van der Waals surface area contributed by atoms with Crippen LogP contribution in [0.15, 0.2) is 0 Å². The van der Waals surface area contributed by atoms with Crippen molar-refractivity contribution in [2.24, 2.45) is 0 Å². The predicted octanol–water partition coefficient (Wildman–Crippen LogP) is 0.773. The van der Waals surface area contributed by atoms with Gasteiger partial charge in [-0.15, -0.1) is 0 Å². The van der Waals surface area contributed by atoms with Gasteiger partial charge in [-0.25, -0.2) is 16.8 Å². The molecule has 0 unspecified atom stereocenters. The lowest BCUT2D eigenvalue weighted by atomic mass is 11.9. The lowest BCUT2D eigenvalue weighted by molar-refractivity contribution is 0.578. The second kappa shape index (κ2) is 4.69. The van der Waals surface area contributed by atoms with Crippen molar-refractivity contribution in [1.29, 1.82) is 0 Å². The van der Waals surface area contributed by atoms with Crippen LogP contribution in [-0.2, 0) is 20.0 Å². The van der Waals surface area contributed by atoms with Gasteiger partial charge in [0.25, 0.3) is 20.0 Å². The Kier molecular flexibility index (Phi) is 5.06. The van der Waals surface area contributed by atoms with Gasteiger partial charge in [-0.1, -0.05) is 46.4 Å². The summed E-state index contributed by atoms with van der Waals surface area (Å²) in [4.78, 5) is 0. The summed E-state index contributed by atoms with van der Waals surface area (Å²) in [6.07, 6.45) is 0. The number of halogens is 4. The summed E-state index contributed by atoms with van der Waals surface area (Å²) < 4.78 is 41.3. The van der Waals surface area contributed by atoms with E-state index in [1.165, 1.54) is 0 Å². The Morgan fingerprint density at radius 2 is 1.00 bits per heavy atom. The molecular weight excluding hydrogens is 308 g/mol. The fourth-order valence-corrected chi connectivity index (χ4v) is 3.06. The largest absolute Gasteiger partial charge is 0.273 e. The zero-order chi connectivity index (χ0) is 10.9. The monoisotopic (exact) mass is 308 g/mol. The quantitative estimate of drug-likeness (QED) is 0.718. The highest BCUT2D eigenvalue weighted by Crippen LogP contribution is 2.17. The lowest BCUT2D eigenvalue weighted by Gasteiger charge is -2.04. The minimum atomic E-state index is -4.50. The summed E-state index contributed by atoms with van der Waals surface area (Å²) >= 11 is 19.7. The summed E-state index contributed by atoms with van der Waals surface area (Å²) in [5, 5.41) is 0. The van der Waals surface area contributed by atoms with E-state index in [0.29, 0.717) is 0 Å². The van der Waals surface area contributed by atoms with Gasteiger partial charge in [-0.05, 0) is 0 Å². The molecule has 0 spiro atoms. The van der Waals surface area contributed by atoms with Crippen LogP contribution in [0.25, 0.3) is 0 Å². The Morgan fingerprint density at radius 1 is 0.769 bits per heavy atom. The molecular formula is C2H2Cl4NO4S2. The van der Waals surface area contributed by atoms with E-state index in [2.05, 4.69) is 4.13 Å². The highest BCUT2D eigenvalue weighted by Gasteiger charge is 2.33. The van der Waals surface area contributed by atoms with Crippen LogP contribution in [0.2, 0.25) is 0 Å². The zero-order valence-electron chi connectivity index (χ0n) is 5.56. The maximum Gasteiger partial charge on any atom is 0.273 e. The lowest BCUT2D eigenvalue weighted by Crippen LogP contribution is -2.30. The van der Waals surface area contributed by atoms with Crippen molar-refractivity contribution in [1.82, 2.24) is 4.13 Å². The summed E-state index contributed by atoms with van der Waals surface area (Å²) in [5.41, 5.74) is 0. The topological polar surface area (TPSA) is 82.4 Å². The maximum absolute atomic E-state index is 10.7. The van der Waals surface area contributed by atoms with Crippen molar-refractivity contribution in [3.8, 4) is 0 Å². The Hall–Kier alpha value is 1.02. The molecule has 0 fully saturated rings. The van der Waals surface area contributed by atoms with Crippen LogP contribution in [-0.4, -0.2) is 25.2 Å². The molecule has 1 radical (unpaired) electrons. The summed E-state index contributed by atoms with van der Waals surface area (Å²) in [7, 11) is -9.00. The second-order valence-corrected chi connectivity index (χ2v) is 8.45. The Balaban J connectivity index is 4.86. The minimum Gasteiger partial charge on any atom is -0.207 e. The van der Waals surface area contributed by atoms with Gasteiger partial charge in [-0.2, -0.15) is 0 Å². The Morgan fingerprint density at radius 3 is 1.15 bits per heavy atom. The first-order chi connectivity index (χ1) is 5.59.